The molecule has 0 aromatic carbocycles. The van der Waals surface area contributed by atoms with Crippen LogP contribution in [0.25, 0.3) is 0 Å². The zero-order chi connectivity index (χ0) is 10.4. The molecule has 0 unspecified atom stereocenters. The Morgan fingerprint density at radius 3 is 2.50 bits per heavy atom. The lowest BCUT2D eigenvalue weighted by Crippen LogP contribution is -2.44. The SMILES string of the molecule is C=C/C(=C\N=C)CN1CCN(C)CC1. The largest absolute Gasteiger partial charge is 0.304 e. The van der Waals surface area contributed by atoms with Crippen LogP contribution in [0.4, 0.5) is 0 Å². The van der Waals surface area contributed by atoms with E-state index in [0.29, 0.717) is 0 Å². The second-order valence-electron chi connectivity index (χ2n) is 3.67. The van der Waals surface area contributed by atoms with Gasteiger partial charge in [0.15, 0.2) is 0 Å². The summed E-state index contributed by atoms with van der Waals surface area (Å²) in [5, 5.41) is 0. The van der Waals surface area contributed by atoms with Gasteiger partial charge in [-0.25, -0.2) is 0 Å². The van der Waals surface area contributed by atoms with Gasteiger partial charge in [0.25, 0.3) is 0 Å². The fourth-order valence-corrected chi connectivity index (χ4v) is 1.54. The van der Waals surface area contributed by atoms with Crippen LogP contribution in [0.2, 0.25) is 0 Å². The van der Waals surface area contributed by atoms with Crippen molar-refractivity contribution in [2.24, 2.45) is 4.99 Å². The molecule has 0 bridgehead atoms. The molecule has 1 saturated heterocycles. The molecule has 0 saturated carbocycles. The molecule has 0 amide bonds. The molecule has 0 aromatic rings. The Morgan fingerprint density at radius 1 is 1.36 bits per heavy atom. The lowest BCUT2D eigenvalue weighted by atomic mass is 10.2. The molecule has 78 valence electrons. The van der Waals surface area contributed by atoms with Gasteiger partial charge in [0.1, 0.15) is 0 Å². The summed E-state index contributed by atoms with van der Waals surface area (Å²) >= 11 is 0. The third kappa shape index (κ3) is 3.44. The quantitative estimate of drug-likeness (QED) is 0.490. The number of hydrogen-bond acceptors (Lipinski definition) is 3. The van der Waals surface area contributed by atoms with Crippen LogP contribution in [0.15, 0.2) is 29.4 Å². The van der Waals surface area contributed by atoms with E-state index in [9.17, 15) is 0 Å². The minimum Gasteiger partial charge on any atom is -0.304 e. The van der Waals surface area contributed by atoms with Crippen LogP contribution in [0.3, 0.4) is 0 Å². The van der Waals surface area contributed by atoms with Gasteiger partial charge in [-0.2, -0.15) is 0 Å². The standard InChI is InChI=1S/C11H19N3/c1-4-11(9-12-2)10-14-7-5-13(3)6-8-14/h4,9H,1-2,5-8,10H2,3H3/b11-9+. The smallest absolute Gasteiger partial charge is 0.0305 e. The van der Waals surface area contributed by atoms with E-state index < -0.39 is 0 Å². The third-order valence-electron chi connectivity index (χ3n) is 2.52. The fraction of sp³-hybridized carbons (Fsp3) is 0.545. The van der Waals surface area contributed by atoms with Crippen molar-refractivity contribution in [3.05, 3.63) is 24.4 Å². The molecule has 1 aliphatic heterocycles. The minimum atomic E-state index is 0.941. The predicted molar refractivity (Wildman–Crippen MR) is 61.8 cm³/mol. The first-order chi connectivity index (χ1) is 6.76. The highest BCUT2D eigenvalue weighted by Gasteiger charge is 2.13. The van der Waals surface area contributed by atoms with Gasteiger partial charge in [-0.15, -0.1) is 0 Å². The highest BCUT2D eigenvalue weighted by Crippen LogP contribution is 2.04. The molecule has 1 rings (SSSR count). The van der Waals surface area contributed by atoms with E-state index in [4.69, 9.17) is 0 Å². The van der Waals surface area contributed by atoms with Gasteiger partial charge in [0.05, 0.1) is 0 Å². The van der Waals surface area contributed by atoms with Crippen LogP contribution in [-0.4, -0.2) is 56.3 Å². The Kier molecular flexibility index (Phi) is 4.56. The first-order valence-electron chi connectivity index (χ1n) is 4.94. The van der Waals surface area contributed by atoms with Crippen molar-refractivity contribution in [1.82, 2.24) is 9.80 Å². The highest BCUT2D eigenvalue weighted by atomic mass is 15.2. The van der Waals surface area contributed by atoms with Crippen LogP contribution in [0.1, 0.15) is 0 Å². The van der Waals surface area contributed by atoms with Crippen molar-refractivity contribution in [3.8, 4) is 0 Å². The third-order valence-corrected chi connectivity index (χ3v) is 2.52. The molecule has 0 N–H and O–H groups in total. The molecule has 1 heterocycles. The van der Waals surface area contributed by atoms with Crippen LogP contribution < -0.4 is 0 Å². The molecule has 14 heavy (non-hydrogen) atoms. The van der Waals surface area contributed by atoms with Gasteiger partial charge >= 0.3 is 0 Å². The van der Waals surface area contributed by atoms with E-state index in [1.807, 2.05) is 6.08 Å². The van der Waals surface area contributed by atoms with E-state index in [-0.39, 0.29) is 0 Å². The number of aliphatic imine (C=N–C) groups is 1. The molecular formula is C11H19N3. The molecule has 0 spiro atoms. The average Bonchev–Trinajstić information content (AvgIpc) is 2.20. The molecule has 3 heteroatoms. The predicted octanol–water partition coefficient (Wildman–Crippen LogP) is 1.00. The summed E-state index contributed by atoms with van der Waals surface area (Å²) in [5.74, 6) is 0. The first-order valence-corrected chi connectivity index (χ1v) is 4.94. The van der Waals surface area contributed by atoms with Crippen molar-refractivity contribution in [3.63, 3.8) is 0 Å². The van der Waals surface area contributed by atoms with Crippen molar-refractivity contribution >= 4 is 6.72 Å². The zero-order valence-corrected chi connectivity index (χ0v) is 8.95. The maximum absolute atomic E-state index is 3.77. The maximum Gasteiger partial charge on any atom is 0.0305 e. The number of likely N-dealkylation sites (N-methyl/N-ethyl adjacent to an activating group) is 1. The lowest BCUT2D eigenvalue weighted by molar-refractivity contribution is 0.164. The average molecular weight is 193 g/mol. The van der Waals surface area contributed by atoms with Gasteiger partial charge in [-0.1, -0.05) is 12.7 Å². The number of rotatable bonds is 4. The summed E-state index contributed by atoms with van der Waals surface area (Å²) in [7, 11) is 2.16. The Balaban J connectivity index is 2.39. The van der Waals surface area contributed by atoms with Gasteiger partial charge in [0.2, 0.25) is 0 Å². The molecular weight excluding hydrogens is 174 g/mol. The van der Waals surface area contributed by atoms with Gasteiger partial charge < -0.3 is 4.90 Å². The van der Waals surface area contributed by atoms with Crippen LogP contribution in [0.5, 0.6) is 0 Å². The lowest BCUT2D eigenvalue weighted by Gasteiger charge is -2.32. The number of hydrogen-bond donors (Lipinski definition) is 0. The number of piperazine rings is 1. The fourth-order valence-electron chi connectivity index (χ4n) is 1.54. The first kappa shape index (κ1) is 11.1. The maximum atomic E-state index is 3.77. The summed E-state index contributed by atoms with van der Waals surface area (Å²) in [4.78, 5) is 8.53. The van der Waals surface area contributed by atoms with Crippen molar-refractivity contribution in [1.29, 1.82) is 0 Å². The Hall–Kier alpha value is -0.930. The second kappa shape index (κ2) is 5.73. The van der Waals surface area contributed by atoms with Crippen molar-refractivity contribution in [2.45, 2.75) is 0 Å². The molecule has 1 fully saturated rings. The van der Waals surface area contributed by atoms with Crippen molar-refractivity contribution in [2.75, 3.05) is 39.8 Å². The molecule has 0 aromatic heterocycles. The van der Waals surface area contributed by atoms with E-state index in [2.05, 4.69) is 35.1 Å². The highest BCUT2D eigenvalue weighted by molar-refractivity contribution is 5.29. The van der Waals surface area contributed by atoms with Crippen LogP contribution >= 0.6 is 0 Å². The molecule has 0 atom stereocenters. The summed E-state index contributed by atoms with van der Waals surface area (Å²) in [5.41, 5.74) is 1.14. The molecule has 1 aliphatic rings. The topological polar surface area (TPSA) is 18.8 Å². The summed E-state index contributed by atoms with van der Waals surface area (Å²) in [6, 6.07) is 0. The van der Waals surface area contributed by atoms with E-state index in [1.54, 1.807) is 6.20 Å². The Labute approximate surface area is 86.4 Å². The number of nitrogens with zero attached hydrogens (tertiary/aromatic N) is 3. The normalized spacial score (nSPS) is 20.8. The van der Waals surface area contributed by atoms with Gasteiger partial charge in [0, 0.05) is 38.9 Å². The second-order valence-corrected chi connectivity index (χ2v) is 3.67. The Bertz CT molecular complexity index is 225. The Morgan fingerprint density at radius 2 is 2.00 bits per heavy atom. The summed E-state index contributed by atoms with van der Waals surface area (Å²) < 4.78 is 0. The van der Waals surface area contributed by atoms with Crippen molar-refractivity contribution < 1.29 is 0 Å². The van der Waals surface area contributed by atoms with Crippen LogP contribution in [-0.2, 0) is 0 Å². The zero-order valence-electron chi connectivity index (χ0n) is 8.95. The molecule has 3 nitrogen and oxygen atoms in total. The van der Waals surface area contributed by atoms with E-state index in [1.165, 1.54) is 0 Å². The molecule has 0 radical (unpaired) electrons. The van der Waals surface area contributed by atoms with Gasteiger partial charge in [-0.05, 0) is 19.3 Å². The minimum absolute atomic E-state index is 0.941. The van der Waals surface area contributed by atoms with Gasteiger partial charge in [-0.3, -0.25) is 9.89 Å². The molecule has 0 aliphatic carbocycles. The summed E-state index contributed by atoms with van der Waals surface area (Å²) in [6.45, 7) is 12.7. The van der Waals surface area contributed by atoms with E-state index in [0.717, 1.165) is 38.3 Å². The summed E-state index contributed by atoms with van der Waals surface area (Å²) in [6.07, 6.45) is 3.64. The van der Waals surface area contributed by atoms with Crippen LogP contribution in [0, 0.1) is 0 Å². The van der Waals surface area contributed by atoms with E-state index >= 15 is 0 Å². The monoisotopic (exact) mass is 193 g/mol.